The van der Waals surface area contributed by atoms with Crippen LogP contribution in [0.5, 0.6) is 0 Å². The zero-order valence-corrected chi connectivity index (χ0v) is 14.6. The van der Waals surface area contributed by atoms with Gasteiger partial charge < -0.3 is 5.32 Å². The van der Waals surface area contributed by atoms with Crippen LogP contribution in [0, 0.1) is 11.3 Å². The van der Waals surface area contributed by atoms with Gasteiger partial charge in [-0.3, -0.25) is 9.36 Å². The van der Waals surface area contributed by atoms with Crippen LogP contribution in [-0.2, 0) is 0 Å². The van der Waals surface area contributed by atoms with E-state index in [4.69, 9.17) is 5.26 Å². The van der Waals surface area contributed by atoms with Gasteiger partial charge in [-0.05, 0) is 55.9 Å². The molecule has 128 valence electrons. The lowest BCUT2D eigenvalue weighted by Gasteiger charge is -2.08. The normalized spacial score (nSPS) is 9.96. The Morgan fingerprint density at radius 2 is 2.00 bits per heavy atom. The van der Waals surface area contributed by atoms with E-state index in [1.807, 2.05) is 12.1 Å². The minimum atomic E-state index is -0.165. The average Bonchev–Trinajstić information content (AvgIpc) is 2.66. The third kappa shape index (κ3) is 4.75. The number of fused-ring (bicyclic) bond motifs is 1. The first kappa shape index (κ1) is 18.4. The summed E-state index contributed by atoms with van der Waals surface area (Å²) in [6.07, 6.45) is 2.89. The third-order valence-electron chi connectivity index (χ3n) is 3.56. The highest BCUT2D eigenvalue weighted by Crippen LogP contribution is 2.14. The van der Waals surface area contributed by atoms with Crippen molar-refractivity contribution in [3.8, 4) is 11.8 Å². The SMILES string of the molecule is CCCNCC.N#Cc1cccc(-n2c(=O)ccc3cccnc32)c1. The predicted octanol–water partition coefficient (Wildman–Crippen LogP) is 3.26. The maximum atomic E-state index is 12.1. The molecule has 1 aromatic carbocycles. The molecule has 1 N–H and O–H groups in total. The van der Waals surface area contributed by atoms with Crippen molar-refractivity contribution in [1.29, 1.82) is 5.26 Å². The molecule has 0 saturated heterocycles. The molecule has 5 nitrogen and oxygen atoms in total. The number of aromatic nitrogens is 2. The second-order valence-corrected chi connectivity index (χ2v) is 5.44. The van der Waals surface area contributed by atoms with E-state index in [0.29, 0.717) is 16.9 Å². The summed E-state index contributed by atoms with van der Waals surface area (Å²) in [6.45, 7) is 6.56. The van der Waals surface area contributed by atoms with Gasteiger partial charge in [0.1, 0.15) is 5.65 Å². The molecular formula is C20H22N4O. The van der Waals surface area contributed by atoms with E-state index in [1.165, 1.54) is 17.1 Å². The molecule has 3 aromatic rings. The molecule has 0 amide bonds. The number of hydrogen-bond acceptors (Lipinski definition) is 4. The monoisotopic (exact) mass is 334 g/mol. The second kappa shape index (κ2) is 9.36. The van der Waals surface area contributed by atoms with Crippen LogP contribution in [-0.4, -0.2) is 22.6 Å². The Bertz CT molecular complexity index is 921. The van der Waals surface area contributed by atoms with Gasteiger partial charge in [0, 0.05) is 17.6 Å². The number of pyridine rings is 2. The minimum Gasteiger partial charge on any atom is -0.317 e. The van der Waals surface area contributed by atoms with Crippen molar-refractivity contribution in [2.24, 2.45) is 0 Å². The van der Waals surface area contributed by atoms with Crippen molar-refractivity contribution >= 4 is 11.0 Å². The highest BCUT2D eigenvalue weighted by molar-refractivity contribution is 5.76. The quantitative estimate of drug-likeness (QED) is 0.744. The molecular weight excluding hydrogens is 312 g/mol. The van der Waals surface area contributed by atoms with Gasteiger partial charge in [0.25, 0.3) is 5.56 Å². The van der Waals surface area contributed by atoms with Crippen LogP contribution in [0.15, 0.2) is 59.5 Å². The Balaban J connectivity index is 0.000000326. The molecule has 0 radical (unpaired) electrons. The molecule has 0 atom stereocenters. The first-order valence-electron chi connectivity index (χ1n) is 8.39. The summed E-state index contributed by atoms with van der Waals surface area (Å²) in [5, 5.41) is 13.0. The number of nitrogens with zero attached hydrogens (tertiary/aromatic N) is 3. The second-order valence-electron chi connectivity index (χ2n) is 5.44. The first-order valence-corrected chi connectivity index (χ1v) is 8.39. The summed E-state index contributed by atoms with van der Waals surface area (Å²) < 4.78 is 1.51. The van der Waals surface area contributed by atoms with Crippen molar-refractivity contribution in [3.05, 3.63) is 70.6 Å². The fourth-order valence-electron chi connectivity index (χ4n) is 2.38. The van der Waals surface area contributed by atoms with Crippen LogP contribution in [0.4, 0.5) is 0 Å². The Labute approximate surface area is 147 Å². The van der Waals surface area contributed by atoms with Gasteiger partial charge in [0.05, 0.1) is 17.3 Å². The summed E-state index contributed by atoms with van der Waals surface area (Å²) in [5.74, 6) is 0. The van der Waals surface area contributed by atoms with Gasteiger partial charge in [-0.2, -0.15) is 5.26 Å². The summed E-state index contributed by atoms with van der Waals surface area (Å²) in [5.41, 5.74) is 1.58. The van der Waals surface area contributed by atoms with Crippen LogP contribution in [0.2, 0.25) is 0 Å². The van der Waals surface area contributed by atoms with E-state index in [9.17, 15) is 4.79 Å². The van der Waals surface area contributed by atoms with E-state index in [1.54, 1.807) is 36.5 Å². The van der Waals surface area contributed by atoms with Crippen molar-refractivity contribution in [3.63, 3.8) is 0 Å². The van der Waals surface area contributed by atoms with Crippen LogP contribution in [0.25, 0.3) is 16.7 Å². The van der Waals surface area contributed by atoms with Gasteiger partial charge in [0.15, 0.2) is 0 Å². The zero-order valence-electron chi connectivity index (χ0n) is 14.6. The van der Waals surface area contributed by atoms with Gasteiger partial charge in [-0.1, -0.05) is 19.9 Å². The molecule has 0 aliphatic carbocycles. The number of hydrogen-bond donors (Lipinski definition) is 1. The number of nitrogens with one attached hydrogen (secondary N) is 1. The van der Waals surface area contributed by atoms with Crippen molar-refractivity contribution in [1.82, 2.24) is 14.9 Å². The number of benzene rings is 1. The molecule has 5 heteroatoms. The van der Waals surface area contributed by atoms with Crippen molar-refractivity contribution < 1.29 is 0 Å². The standard InChI is InChI=1S/C15H9N3O.C5H13N/c16-10-11-3-1-5-13(9-11)18-14(19)7-6-12-4-2-8-17-15(12)18;1-3-5-6-4-2/h1-9H;6H,3-5H2,1-2H3. The van der Waals surface area contributed by atoms with E-state index in [-0.39, 0.29) is 5.56 Å². The van der Waals surface area contributed by atoms with E-state index >= 15 is 0 Å². The van der Waals surface area contributed by atoms with Gasteiger partial charge in [-0.25, -0.2) is 4.98 Å². The molecule has 0 aliphatic rings. The Morgan fingerprint density at radius 3 is 2.68 bits per heavy atom. The third-order valence-corrected chi connectivity index (χ3v) is 3.56. The van der Waals surface area contributed by atoms with Crippen LogP contribution < -0.4 is 10.9 Å². The van der Waals surface area contributed by atoms with Crippen LogP contribution >= 0.6 is 0 Å². The fraction of sp³-hybridized carbons (Fsp3) is 0.250. The molecule has 3 rings (SSSR count). The molecule has 0 saturated carbocycles. The summed E-state index contributed by atoms with van der Waals surface area (Å²) in [7, 11) is 0. The predicted molar refractivity (Wildman–Crippen MR) is 101 cm³/mol. The number of nitriles is 1. The largest absolute Gasteiger partial charge is 0.317 e. The Morgan fingerprint density at radius 1 is 1.16 bits per heavy atom. The number of rotatable bonds is 4. The average molecular weight is 334 g/mol. The molecule has 2 heterocycles. The highest BCUT2D eigenvalue weighted by Gasteiger charge is 2.06. The molecule has 0 aliphatic heterocycles. The molecule has 0 spiro atoms. The molecule has 0 unspecified atom stereocenters. The lowest BCUT2D eigenvalue weighted by molar-refractivity contribution is 0.703. The smallest absolute Gasteiger partial charge is 0.256 e. The van der Waals surface area contributed by atoms with Crippen molar-refractivity contribution in [2.45, 2.75) is 20.3 Å². The van der Waals surface area contributed by atoms with Gasteiger partial charge >= 0.3 is 0 Å². The zero-order chi connectivity index (χ0) is 18.1. The topological polar surface area (TPSA) is 70.7 Å². The fourth-order valence-corrected chi connectivity index (χ4v) is 2.38. The molecule has 25 heavy (non-hydrogen) atoms. The maximum absolute atomic E-state index is 12.1. The maximum Gasteiger partial charge on any atom is 0.256 e. The molecule has 2 aromatic heterocycles. The van der Waals surface area contributed by atoms with Crippen LogP contribution in [0.3, 0.4) is 0 Å². The van der Waals surface area contributed by atoms with Gasteiger partial charge in [0.2, 0.25) is 0 Å². The summed E-state index contributed by atoms with van der Waals surface area (Å²) in [4.78, 5) is 16.3. The van der Waals surface area contributed by atoms with E-state index in [2.05, 4.69) is 30.2 Å². The van der Waals surface area contributed by atoms with E-state index in [0.717, 1.165) is 18.5 Å². The minimum absolute atomic E-state index is 0.165. The summed E-state index contributed by atoms with van der Waals surface area (Å²) in [6, 6.07) is 16.0. The Kier molecular flexibility index (Phi) is 6.87. The highest BCUT2D eigenvalue weighted by atomic mass is 16.1. The molecule has 0 fully saturated rings. The summed E-state index contributed by atoms with van der Waals surface area (Å²) >= 11 is 0. The lowest BCUT2D eigenvalue weighted by Crippen LogP contribution is -2.18. The van der Waals surface area contributed by atoms with Gasteiger partial charge in [-0.15, -0.1) is 0 Å². The van der Waals surface area contributed by atoms with Crippen molar-refractivity contribution in [2.75, 3.05) is 13.1 Å². The Hall–Kier alpha value is -2.97. The first-order chi connectivity index (χ1) is 12.2. The van der Waals surface area contributed by atoms with E-state index < -0.39 is 0 Å². The molecule has 0 bridgehead atoms. The van der Waals surface area contributed by atoms with Crippen LogP contribution in [0.1, 0.15) is 25.8 Å². The lowest BCUT2D eigenvalue weighted by atomic mass is 10.2.